The Kier molecular flexibility index (Phi) is 5.59. The van der Waals surface area contributed by atoms with Crippen molar-refractivity contribution in [3.63, 3.8) is 0 Å². The van der Waals surface area contributed by atoms with Gasteiger partial charge in [-0.1, -0.05) is 13.8 Å². The third-order valence-corrected chi connectivity index (χ3v) is 3.42. The molecule has 2 atom stereocenters. The number of likely N-dealkylation sites (tertiary alicyclic amines) is 1. The molecule has 18 heavy (non-hydrogen) atoms. The third-order valence-electron chi connectivity index (χ3n) is 3.42. The fraction of sp³-hybridized carbons (Fsp3) is 0.846. The van der Waals surface area contributed by atoms with Gasteiger partial charge in [0.15, 0.2) is 0 Å². The smallest absolute Gasteiger partial charge is 0.243 e. The molecule has 5 heteroatoms. The Bertz CT molecular complexity index is 305. The van der Waals surface area contributed by atoms with Gasteiger partial charge in [-0.3, -0.25) is 9.59 Å². The second-order valence-corrected chi connectivity index (χ2v) is 5.31. The molecule has 0 bridgehead atoms. The molecule has 1 aliphatic rings. The molecule has 1 heterocycles. The lowest BCUT2D eigenvalue weighted by molar-refractivity contribution is -0.139. The molecule has 0 aromatic carbocycles. The molecule has 2 amide bonds. The third kappa shape index (κ3) is 3.70. The van der Waals surface area contributed by atoms with E-state index in [0.29, 0.717) is 19.5 Å². The quantitative estimate of drug-likeness (QED) is 0.720. The lowest BCUT2D eigenvalue weighted by Crippen LogP contribution is -2.52. The molecule has 0 spiro atoms. The SMILES string of the molecule is CNC(C)CNC(=O)C(C(C)C)N1CCCC1=O. The monoisotopic (exact) mass is 255 g/mol. The van der Waals surface area contributed by atoms with Crippen LogP contribution in [0, 0.1) is 5.92 Å². The molecular weight excluding hydrogens is 230 g/mol. The van der Waals surface area contributed by atoms with E-state index in [9.17, 15) is 9.59 Å². The summed E-state index contributed by atoms with van der Waals surface area (Å²) in [5.74, 6) is 0.199. The Morgan fingerprint density at radius 3 is 2.50 bits per heavy atom. The Balaban J connectivity index is 2.61. The van der Waals surface area contributed by atoms with Crippen molar-refractivity contribution in [2.45, 2.75) is 45.7 Å². The van der Waals surface area contributed by atoms with Crippen LogP contribution in [0.3, 0.4) is 0 Å². The summed E-state index contributed by atoms with van der Waals surface area (Å²) < 4.78 is 0. The highest BCUT2D eigenvalue weighted by Crippen LogP contribution is 2.19. The van der Waals surface area contributed by atoms with E-state index in [4.69, 9.17) is 0 Å². The molecular formula is C13H25N3O2. The minimum absolute atomic E-state index is 0.0395. The van der Waals surface area contributed by atoms with E-state index >= 15 is 0 Å². The number of hydrogen-bond donors (Lipinski definition) is 2. The largest absolute Gasteiger partial charge is 0.353 e. The summed E-state index contributed by atoms with van der Waals surface area (Å²) in [7, 11) is 1.86. The van der Waals surface area contributed by atoms with E-state index in [-0.39, 0.29) is 29.8 Å². The Morgan fingerprint density at radius 2 is 2.06 bits per heavy atom. The lowest BCUT2D eigenvalue weighted by Gasteiger charge is -2.30. The predicted octanol–water partition coefficient (Wildman–Crippen LogP) is 0.358. The first kappa shape index (κ1) is 15.0. The average molecular weight is 255 g/mol. The molecule has 104 valence electrons. The molecule has 0 saturated carbocycles. The molecule has 0 aliphatic carbocycles. The van der Waals surface area contributed by atoms with Crippen LogP contribution in [0.25, 0.3) is 0 Å². The van der Waals surface area contributed by atoms with E-state index < -0.39 is 0 Å². The topological polar surface area (TPSA) is 61.4 Å². The van der Waals surface area contributed by atoms with Crippen LogP contribution in [0.5, 0.6) is 0 Å². The minimum Gasteiger partial charge on any atom is -0.353 e. The van der Waals surface area contributed by atoms with Crippen molar-refractivity contribution >= 4 is 11.8 Å². The Labute approximate surface area is 109 Å². The maximum Gasteiger partial charge on any atom is 0.243 e. The maximum atomic E-state index is 12.2. The van der Waals surface area contributed by atoms with Crippen molar-refractivity contribution in [3.05, 3.63) is 0 Å². The fourth-order valence-electron chi connectivity index (χ4n) is 2.23. The zero-order chi connectivity index (χ0) is 13.7. The van der Waals surface area contributed by atoms with Crippen LogP contribution in [0.1, 0.15) is 33.6 Å². The molecule has 5 nitrogen and oxygen atoms in total. The van der Waals surface area contributed by atoms with Gasteiger partial charge in [-0.15, -0.1) is 0 Å². The first-order valence-electron chi connectivity index (χ1n) is 6.71. The van der Waals surface area contributed by atoms with Gasteiger partial charge >= 0.3 is 0 Å². The second-order valence-electron chi connectivity index (χ2n) is 5.31. The normalized spacial score (nSPS) is 19.2. The zero-order valence-electron chi connectivity index (χ0n) is 11.8. The molecule has 0 aromatic rings. The highest BCUT2D eigenvalue weighted by molar-refractivity contribution is 5.88. The highest BCUT2D eigenvalue weighted by atomic mass is 16.2. The van der Waals surface area contributed by atoms with E-state index in [2.05, 4.69) is 10.6 Å². The van der Waals surface area contributed by atoms with Gasteiger partial charge < -0.3 is 15.5 Å². The summed E-state index contributed by atoms with van der Waals surface area (Å²) in [6, 6.07) is -0.0971. The van der Waals surface area contributed by atoms with Crippen LogP contribution in [0.2, 0.25) is 0 Å². The number of nitrogens with one attached hydrogen (secondary N) is 2. The standard InChI is InChI=1S/C13H25N3O2/c1-9(2)12(16-7-5-6-11(16)17)13(18)15-8-10(3)14-4/h9-10,12,14H,5-8H2,1-4H3,(H,15,18). The predicted molar refractivity (Wildman–Crippen MR) is 71.1 cm³/mol. The Hall–Kier alpha value is -1.10. The van der Waals surface area contributed by atoms with Crippen LogP contribution in [-0.2, 0) is 9.59 Å². The van der Waals surface area contributed by atoms with Gasteiger partial charge in [0.2, 0.25) is 11.8 Å². The zero-order valence-corrected chi connectivity index (χ0v) is 11.8. The molecule has 1 saturated heterocycles. The number of carbonyl (C=O) groups excluding carboxylic acids is 2. The summed E-state index contributed by atoms with van der Waals surface area (Å²) in [6.07, 6.45) is 1.44. The molecule has 2 N–H and O–H groups in total. The van der Waals surface area contributed by atoms with Crippen molar-refractivity contribution in [3.8, 4) is 0 Å². The summed E-state index contributed by atoms with van der Waals surface area (Å²) in [4.78, 5) is 25.7. The van der Waals surface area contributed by atoms with Crippen LogP contribution >= 0.6 is 0 Å². The van der Waals surface area contributed by atoms with Crippen molar-refractivity contribution in [1.82, 2.24) is 15.5 Å². The summed E-state index contributed by atoms with van der Waals surface area (Å²) in [5.41, 5.74) is 0. The van der Waals surface area contributed by atoms with Gasteiger partial charge in [0.05, 0.1) is 0 Å². The number of rotatable bonds is 6. The van der Waals surface area contributed by atoms with E-state index in [1.165, 1.54) is 0 Å². The summed E-state index contributed by atoms with van der Waals surface area (Å²) in [5, 5.41) is 5.99. The van der Waals surface area contributed by atoms with Gasteiger partial charge in [-0.25, -0.2) is 0 Å². The number of likely N-dealkylation sites (N-methyl/N-ethyl adjacent to an activating group) is 1. The van der Waals surface area contributed by atoms with Crippen molar-refractivity contribution in [1.29, 1.82) is 0 Å². The summed E-state index contributed by atoms with van der Waals surface area (Å²) in [6.45, 7) is 7.26. The fourth-order valence-corrected chi connectivity index (χ4v) is 2.23. The average Bonchev–Trinajstić information content (AvgIpc) is 2.72. The van der Waals surface area contributed by atoms with E-state index in [1.54, 1.807) is 4.90 Å². The summed E-state index contributed by atoms with van der Waals surface area (Å²) >= 11 is 0. The highest BCUT2D eigenvalue weighted by Gasteiger charge is 2.34. The van der Waals surface area contributed by atoms with Crippen molar-refractivity contribution < 1.29 is 9.59 Å². The first-order chi connectivity index (χ1) is 8.47. The lowest BCUT2D eigenvalue weighted by atomic mass is 10.0. The molecule has 0 radical (unpaired) electrons. The van der Waals surface area contributed by atoms with Gasteiger partial charge in [0.25, 0.3) is 0 Å². The van der Waals surface area contributed by atoms with E-state index in [1.807, 2.05) is 27.8 Å². The molecule has 1 aliphatic heterocycles. The van der Waals surface area contributed by atoms with Gasteiger partial charge in [-0.2, -0.15) is 0 Å². The van der Waals surface area contributed by atoms with E-state index in [0.717, 1.165) is 6.42 Å². The Morgan fingerprint density at radius 1 is 1.39 bits per heavy atom. The van der Waals surface area contributed by atoms with Crippen LogP contribution in [-0.4, -0.2) is 48.9 Å². The van der Waals surface area contributed by atoms with Gasteiger partial charge in [0.1, 0.15) is 6.04 Å². The second kappa shape index (κ2) is 6.73. The number of nitrogens with zero attached hydrogens (tertiary/aromatic N) is 1. The number of carbonyl (C=O) groups is 2. The van der Waals surface area contributed by atoms with Gasteiger partial charge in [-0.05, 0) is 26.3 Å². The van der Waals surface area contributed by atoms with Crippen molar-refractivity contribution in [2.24, 2.45) is 5.92 Å². The van der Waals surface area contributed by atoms with Crippen molar-refractivity contribution in [2.75, 3.05) is 20.1 Å². The minimum atomic E-state index is -0.330. The maximum absolute atomic E-state index is 12.2. The van der Waals surface area contributed by atoms with Crippen LogP contribution < -0.4 is 10.6 Å². The number of amides is 2. The number of hydrogen-bond acceptors (Lipinski definition) is 3. The van der Waals surface area contributed by atoms with Crippen LogP contribution in [0.4, 0.5) is 0 Å². The molecule has 0 aromatic heterocycles. The molecule has 2 unspecified atom stereocenters. The first-order valence-corrected chi connectivity index (χ1v) is 6.71. The van der Waals surface area contributed by atoms with Crippen LogP contribution in [0.15, 0.2) is 0 Å². The molecule has 1 rings (SSSR count). The molecule has 1 fully saturated rings. The van der Waals surface area contributed by atoms with Gasteiger partial charge in [0, 0.05) is 25.6 Å².